The Hall–Kier alpha value is -3.03. The van der Waals surface area contributed by atoms with Crippen molar-refractivity contribution in [2.24, 2.45) is 0 Å². The highest BCUT2D eigenvalue weighted by molar-refractivity contribution is 7.92. The average molecular weight is 472 g/mol. The summed E-state index contributed by atoms with van der Waals surface area (Å²) in [5.74, 6) is -0.127. The van der Waals surface area contributed by atoms with Gasteiger partial charge in [-0.15, -0.1) is 0 Å². The number of fused-ring (bicyclic) bond motifs is 1. The van der Waals surface area contributed by atoms with Crippen molar-refractivity contribution >= 4 is 33.3 Å². The van der Waals surface area contributed by atoms with Gasteiger partial charge >= 0.3 is 5.97 Å². The van der Waals surface area contributed by atoms with E-state index < -0.39 is 16.0 Å². The number of esters is 1. The number of carbonyl (C=O) groups is 1. The minimum Gasteiger partial charge on any atom is -0.488 e. The van der Waals surface area contributed by atoms with Crippen molar-refractivity contribution in [3.05, 3.63) is 88.9 Å². The Balaban J connectivity index is 1.45. The third-order valence-electron chi connectivity index (χ3n) is 5.18. The second-order valence-corrected chi connectivity index (χ2v) is 9.65. The van der Waals surface area contributed by atoms with Gasteiger partial charge in [0.1, 0.15) is 19.0 Å². The van der Waals surface area contributed by atoms with Crippen LogP contribution in [0.15, 0.2) is 77.7 Å². The van der Waals surface area contributed by atoms with Gasteiger partial charge in [-0.2, -0.15) is 0 Å². The number of sulfonamides is 1. The third-order valence-corrected chi connectivity index (χ3v) is 7.42. The molecule has 166 valence electrons. The Morgan fingerprint density at radius 3 is 2.59 bits per heavy atom. The molecule has 4 rings (SSSR count). The molecule has 0 fully saturated rings. The Bertz CT molecular complexity index is 1240. The summed E-state index contributed by atoms with van der Waals surface area (Å²) in [4.78, 5) is 12.5. The van der Waals surface area contributed by atoms with Crippen molar-refractivity contribution in [3.8, 4) is 5.75 Å². The molecule has 0 spiro atoms. The van der Waals surface area contributed by atoms with Crippen LogP contribution < -0.4 is 9.04 Å². The molecule has 32 heavy (non-hydrogen) atoms. The smallest absolute Gasteiger partial charge is 0.338 e. The van der Waals surface area contributed by atoms with Gasteiger partial charge in [0.15, 0.2) is 0 Å². The molecule has 0 N–H and O–H groups in total. The van der Waals surface area contributed by atoms with Gasteiger partial charge < -0.3 is 9.47 Å². The van der Waals surface area contributed by atoms with Crippen LogP contribution in [-0.4, -0.2) is 33.6 Å². The second-order valence-electron chi connectivity index (χ2n) is 7.43. The van der Waals surface area contributed by atoms with Gasteiger partial charge in [0, 0.05) is 6.04 Å². The highest BCUT2D eigenvalue weighted by Crippen LogP contribution is 2.36. The lowest BCUT2D eigenvalue weighted by molar-refractivity contribution is 0.0450. The summed E-state index contributed by atoms with van der Waals surface area (Å²) in [5, 5.41) is 0.467. The first-order valence-corrected chi connectivity index (χ1v) is 12.0. The first-order valence-electron chi connectivity index (χ1n) is 10.1. The van der Waals surface area contributed by atoms with E-state index in [4.69, 9.17) is 21.1 Å². The maximum absolute atomic E-state index is 13.4. The Morgan fingerprint density at radius 2 is 1.78 bits per heavy atom. The van der Waals surface area contributed by atoms with Crippen molar-refractivity contribution in [1.82, 2.24) is 0 Å². The second kappa shape index (κ2) is 9.22. The van der Waals surface area contributed by atoms with Crippen LogP contribution in [0, 0.1) is 0 Å². The summed E-state index contributed by atoms with van der Waals surface area (Å²) < 4.78 is 38.9. The van der Waals surface area contributed by atoms with Crippen LogP contribution in [0.5, 0.6) is 5.75 Å². The molecule has 8 heteroatoms. The standard InChI is InChI=1S/C24H22ClNO5S/c1-17-15-18-7-2-4-11-22(18)26(17)32(28,29)20-9-6-8-19(16-20)24(27)31-14-13-30-23-12-5-3-10-21(23)25/h2-12,16-17H,13-15H2,1H3. The van der Waals surface area contributed by atoms with Gasteiger partial charge in [-0.25, -0.2) is 13.2 Å². The van der Waals surface area contributed by atoms with E-state index in [1.54, 1.807) is 30.3 Å². The number of halogens is 1. The lowest BCUT2D eigenvalue weighted by Gasteiger charge is -2.24. The molecule has 3 aromatic carbocycles. The topological polar surface area (TPSA) is 72.9 Å². The third kappa shape index (κ3) is 4.45. The molecule has 1 heterocycles. The van der Waals surface area contributed by atoms with Gasteiger partial charge in [-0.1, -0.05) is 48.0 Å². The molecule has 0 saturated heterocycles. The van der Waals surface area contributed by atoms with Crippen molar-refractivity contribution in [1.29, 1.82) is 0 Å². The normalized spacial score (nSPS) is 15.3. The van der Waals surface area contributed by atoms with Gasteiger partial charge in [-0.3, -0.25) is 4.31 Å². The molecule has 6 nitrogen and oxygen atoms in total. The summed E-state index contributed by atoms with van der Waals surface area (Å²) in [6.07, 6.45) is 0.641. The number of hydrogen-bond donors (Lipinski definition) is 0. The summed E-state index contributed by atoms with van der Waals surface area (Å²) in [7, 11) is -3.84. The van der Waals surface area contributed by atoms with Crippen molar-refractivity contribution in [2.75, 3.05) is 17.5 Å². The molecule has 0 saturated carbocycles. The largest absolute Gasteiger partial charge is 0.488 e. The number of nitrogens with zero attached hydrogens (tertiary/aromatic N) is 1. The molecular formula is C24H22ClNO5S. The number of hydrogen-bond acceptors (Lipinski definition) is 5. The number of ether oxygens (including phenoxy) is 2. The van der Waals surface area contributed by atoms with Gasteiger partial charge in [0.25, 0.3) is 10.0 Å². The van der Waals surface area contributed by atoms with Crippen LogP contribution in [0.4, 0.5) is 5.69 Å². The fourth-order valence-corrected chi connectivity index (χ4v) is 5.66. The predicted octanol–water partition coefficient (Wildman–Crippen LogP) is 4.72. The summed E-state index contributed by atoms with van der Waals surface area (Å²) in [6, 6.07) is 20.1. The number of anilines is 1. The maximum atomic E-state index is 13.4. The van der Waals surface area contributed by atoms with Crippen molar-refractivity contribution in [2.45, 2.75) is 24.3 Å². The van der Waals surface area contributed by atoms with E-state index in [1.807, 2.05) is 25.1 Å². The van der Waals surface area contributed by atoms with Crippen LogP contribution >= 0.6 is 11.6 Å². The van der Waals surface area contributed by atoms with Gasteiger partial charge in [0.2, 0.25) is 0 Å². The molecule has 1 unspecified atom stereocenters. The monoisotopic (exact) mass is 471 g/mol. The van der Waals surface area contributed by atoms with E-state index in [2.05, 4.69) is 0 Å². The van der Waals surface area contributed by atoms with Crippen molar-refractivity contribution < 1.29 is 22.7 Å². The van der Waals surface area contributed by atoms with Crippen LogP contribution in [-0.2, 0) is 21.2 Å². The summed E-state index contributed by atoms with van der Waals surface area (Å²) in [6.45, 7) is 1.99. The molecule has 0 aromatic heterocycles. The number of rotatable bonds is 7. The fraction of sp³-hybridized carbons (Fsp3) is 0.208. The van der Waals surface area contributed by atoms with Crippen LogP contribution in [0.25, 0.3) is 0 Å². The molecule has 0 aliphatic carbocycles. The van der Waals surface area contributed by atoms with E-state index in [1.165, 1.54) is 28.6 Å². The molecular weight excluding hydrogens is 450 g/mol. The Kier molecular flexibility index (Phi) is 6.39. The predicted molar refractivity (Wildman–Crippen MR) is 123 cm³/mol. The zero-order valence-corrected chi connectivity index (χ0v) is 19.0. The first kappa shape index (κ1) is 22.2. The van der Waals surface area contributed by atoms with Gasteiger partial charge in [-0.05, 0) is 55.3 Å². The minimum atomic E-state index is -3.84. The molecule has 1 aliphatic heterocycles. The first-order chi connectivity index (χ1) is 15.4. The van der Waals surface area contributed by atoms with Crippen LogP contribution in [0.3, 0.4) is 0 Å². The molecule has 0 bridgehead atoms. The quantitative estimate of drug-likeness (QED) is 0.368. The minimum absolute atomic E-state index is 0.00241. The highest BCUT2D eigenvalue weighted by Gasteiger charge is 2.36. The fourth-order valence-electron chi connectivity index (χ4n) is 3.73. The van der Waals surface area contributed by atoms with E-state index >= 15 is 0 Å². The SMILES string of the molecule is CC1Cc2ccccc2N1S(=O)(=O)c1cccc(C(=O)OCCOc2ccccc2Cl)c1. The maximum Gasteiger partial charge on any atom is 0.338 e. The number of benzene rings is 3. The van der Waals surface area contributed by atoms with E-state index in [0.717, 1.165) is 5.56 Å². The van der Waals surface area contributed by atoms with Gasteiger partial charge in [0.05, 0.1) is 21.2 Å². The molecule has 3 aromatic rings. The van der Waals surface area contributed by atoms with Crippen LogP contribution in [0.2, 0.25) is 5.02 Å². The molecule has 1 atom stereocenters. The molecule has 1 aliphatic rings. The average Bonchev–Trinajstić information content (AvgIpc) is 3.14. The van der Waals surface area contributed by atoms with Crippen LogP contribution in [0.1, 0.15) is 22.8 Å². The number of carbonyl (C=O) groups excluding carboxylic acids is 1. The number of para-hydroxylation sites is 2. The summed E-state index contributed by atoms with van der Waals surface area (Å²) >= 11 is 6.02. The molecule has 0 radical (unpaired) electrons. The Labute approximate surface area is 192 Å². The summed E-state index contributed by atoms with van der Waals surface area (Å²) in [5.41, 5.74) is 1.81. The highest BCUT2D eigenvalue weighted by atomic mass is 35.5. The zero-order valence-electron chi connectivity index (χ0n) is 17.4. The van der Waals surface area contributed by atoms with E-state index in [0.29, 0.717) is 22.9 Å². The van der Waals surface area contributed by atoms with E-state index in [9.17, 15) is 13.2 Å². The van der Waals surface area contributed by atoms with E-state index in [-0.39, 0.29) is 29.7 Å². The van der Waals surface area contributed by atoms with Crippen molar-refractivity contribution in [3.63, 3.8) is 0 Å². The Morgan fingerprint density at radius 1 is 1.03 bits per heavy atom. The molecule has 0 amide bonds. The zero-order chi connectivity index (χ0) is 22.7. The lowest BCUT2D eigenvalue weighted by Crippen LogP contribution is -2.35. The lowest BCUT2D eigenvalue weighted by atomic mass is 10.1.